The van der Waals surface area contributed by atoms with Crippen LogP contribution in [0.4, 0.5) is 0 Å². The fourth-order valence-electron chi connectivity index (χ4n) is 5.09. The molecule has 10 heteroatoms. The van der Waals surface area contributed by atoms with E-state index in [1.165, 1.54) is 0 Å². The lowest BCUT2D eigenvalue weighted by Crippen LogP contribution is -1.96. The Morgan fingerprint density at radius 3 is 0.846 bits per heavy atom. The van der Waals surface area contributed by atoms with E-state index in [1.54, 1.807) is 49.6 Å². The van der Waals surface area contributed by atoms with Gasteiger partial charge in [-0.1, -0.05) is 47.9 Å². The molecule has 242 valence electrons. The van der Waals surface area contributed by atoms with Crippen molar-refractivity contribution in [2.75, 3.05) is 0 Å². The minimum absolute atomic E-state index is 0.373. The molecule has 0 bridgehead atoms. The van der Waals surface area contributed by atoms with Crippen LogP contribution in [0.1, 0.15) is 22.3 Å². The molecule has 0 fully saturated rings. The number of aromatic nitrogens is 10. The van der Waals surface area contributed by atoms with Gasteiger partial charge in [0.25, 0.3) is 0 Å². The van der Waals surface area contributed by atoms with Crippen LogP contribution in [0.3, 0.4) is 0 Å². The van der Waals surface area contributed by atoms with Gasteiger partial charge in [0, 0.05) is 60.7 Å². The molecule has 8 aromatic rings. The maximum absolute atomic E-state index is 4.79. The van der Waals surface area contributed by atoms with Crippen LogP contribution in [0.5, 0.6) is 0 Å². The molecule has 0 saturated heterocycles. The molecule has 0 aliphatic heterocycles. The second kappa shape index (κ2) is 14.7. The van der Waals surface area contributed by atoms with Gasteiger partial charge in [-0.2, -0.15) is 0 Å². The summed E-state index contributed by atoms with van der Waals surface area (Å²) < 4.78 is 0. The van der Waals surface area contributed by atoms with E-state index in [9.17, 15) is 0 Å². The molecule has 0 unspecified atom stereocenters. The first-order valence-electron chi connectivity index (χ1n) is 16.1. The van der Waals surface area contributed by atoms with Crippen LogP contribution in [0.2, 0.25) is 0 Å². The van der Waals surface area contributed by atoms with Crippen molar-refractivity contribution >= 4 is 0 Å². The van der Waals surface area contributed by atoms with Crippen molar-refractivity contribution < 1.29 is 0 Å². The summed E-state index contributed by atoms with van der Waals surface area (Å²) in [6.45, 7) is 0. The zero-order valence-corrected chi connectivity index (χ0v) is 27.3. The van der Waals surface area contributed by atoms with E-state index < -0.39 is 0 Å². The highest BCUT2D eigenvalue weighted by molar-refractivity contribution is 5.67. The van der Waals surface area contributed by atoms with E-state index in [0.29, 0.717) is 45.6 Å². The van der Waals surface area contributed by atoms with E-state index in [2.05, 4.69) is 63.6 Å². The standard InChI is InChI=1S/C42H24N10/c1-5-17-43-33(9-1)37-21-29(22-38(51-37)34-10-2-6-18-44-34)13-15-31-25-47-41(48-26-31)42-49-27-32(28-50-42)16-14-30-23-39(35-11-3-7-19-45-35)52-40(24-30)36-12-4-8-20-46-36/h1-12,17-28H. The van der Waals surface area contributed by atoms with Gasteiger partial charge in [-0.25, -0.2) is 29.9 Å². The van der Waals surface area contributed by atoms with Crippen LogP contribution in [0.15, 0.2) is 147 Å². The van der Waals surface area contributed by atoms with Gasteiger partial charge in [-0.3, -0.25) is 19.9 Å². The lowest BCUT2D eigenvalue weighted by molar-refractivity contribution is 1.07. The fourth-order valence-corrected chi connectivity index (χ4v) is 5.09. The molecule has 8 heterocycles. The van der Waals surface area contributed by atoms with Crippen molar-refractivity contribution in [1.29, 1.82) is 0 Å². The van der Waals surface area contributed by atoms with Crippen molar-refractivity contribution in [1.82, 2.24) is 49.8 Å². The predicted molar refractivity (Wildman–Crippen MR) is 196 cm³/mol. The fraction of sp³-hybridized carbons (Fsp3) is 0. The van der Waals surface area contributed by atoms with E-state index in [0.717, 1.165) is 33.9 Å². The van der Waals surface area contributed by atoms with Gasteiger partial charge in [0.2, 0.25) is 0 Å². The van der Waals surface area contributed by atoms with E-state index in [4.69, 9.17) is 9.97 Å². The van der Waals surface area contributed by atoms with Crippen LogP contribution in [-0.2, 0) is 0 Å². The highest BCUT2D eigenvalue weighted by atomic mass is 15.0. The van der Waals surface area contributed by atoms with Crippen molar-refractivity contribution in [2.45, 2.75) is 0 Å². The molecule has 0 aliphatic rings. The number of nitrogens with zero attached hydrogens (tertiary/aromatic N) is 10. The largest absolute Gasteiger partial charge is 0.255 e. The monoisotopic (exact) mass is 668 g/mol. The van der Waals surface area contributed by atoms with Crippen LogP contribution in [0.25, 0.3) is 57.2 Å². The Kier molecular flexibility index (Phi) is 8.92. The Morgan fingerprint density at radius 2 is 0.577 bits per heavy atom. The van der Waals surface area contributed by atoms with Gasteiger partial charge in [0.15, 0.2) is 11.6 Å². The molecule has 0 atom stereocenters. The number of hydrogen-bond donors (Lipinski definition) is 0. The average Bonchev–Trinajstić information content (AvgIpc) is 3.23. The number of rotatable bonds is 5. The quantitative estimate of drug-likeness (QED) is 0.181. The minimum Gasteiger partial charge on any atom is -0.255 e. The molecule has 0 radical (unpaired) electrons. The molecule has 0 aliphatic carbocycles. The molecule has 52 heavy (non-hydrogen) atoms. The Hall–Kier alpha value is -7.82. The first-order valence-corrected chi connectivity index (χ1v) is 16.1. The van der Waals surface area contributed by atoms with Crippen LogP contribution >= 0.6 is 0 Å². The lowest BCUT2D eigenvalue weighted by Gasteiger charge is -2.06. The van der Waals surface area contributed by atoms with Gasteiger partial charge in [-0.05, 0) is 72.8 Å². The smallest absolute Gasteiger partial charge is 0.197 e. The summed E-state index contributed by atoms with van der Waals surface area (Å²) in [5.41, 5.74) is 8.58. The molecule has 0 N–H and O–H groups in total. The van der Waals surface area contributed by atoms with Gasteiger partial charge in [-0.15, -0.1) is 0 Å². The topological polar surface area (TPSA) is 129 Å². The number of hydrogen-bond acceptors (Lipinski definition) is 10. The molecular formula is C42H24N10. The maximum atomic E-state index is 4.79. The Bertz CT molecular complexity index is 2290. The SMILES string of the molecule is C(#Cc1cc(-c2ccccn2)nc(-c2ccccn2)c1)c1cnc(-c2ncc(C#Cc3cc(-c4ccccn4)nc(-c4ccccn4)c3)cn2)nc1. The summed E-state index contributed by atoms with van der Waals surface area (Å²) >= 11 is 0. The Balaban J connectivity index is 1.02. The predicted octanol–water partition coefficient (Wildman–Crippen LogP) is 6.77. The molecule has 0 amide bonds. The first-order chi connectivity index (χ1) is 25.7. The summed E-state index contributed by atoms with van der Waals surface area (Å²) in [7, 11) is 0. The van der Waals surface area contributed by atoms with Crippen LogP contribution in [-0.4, -0.2) is 49.8 Å². The highest BCUT2D eigenvalue weighted by Crippen LogP contribution is 2.24. The maximum Gasteiger partial charge on any atom is 0.197 e. The van der Waals surface area contributed by atoms with Gasteiger partial charge >= 0.3 is 0 Å². The zero-order valence-electron chi connectivity index (χ0n) is 27.3. The lowest BCUT2D eigenvalue weighted by atomic mass is 10.1. The second-order valence-electron chi connectivity index (χ2n) is 11.2. The molecule has 0 spiro atoms. The van der Waals surface area contributed by atoms with Gasteiger partial charge in [0.05, 0.1) is 56.7 Å². The Labute approximate surface area is 298 Å². The molecule has 10 nitrogen and oxygen atoms in total. The third-order valence-electron chi connectivity index (χ3n) is 7.57. The summed E-state index contributed by atoms with van der Waals surface area (Å²) in [5, 5.41) is 0. The Morgan fingerprint density at radius 1 is 0.288 bits per heavy atom. The summed E-state index contributed by atoms with van der Waals surface area (Å²) in [6.07, 6.45) is 13.5. The molecule has 8 rings (SSSR count). The first kappa shape index (κ1) is 31.4. The average molecular weight is 669 g/mol. The van der Waals surface area contributed by atoms with Crippen molar-refractivity contribution in [2.24, 2.45) is 0 Å². The molecular weight excluding hydrogens is 645 g/mol. The van der Waals surface area contributed by atoms with Crippen molar-refractivity contribution in [3.05, 3.63) is 169 Å². The summed E-state index contributed by atoms with van der Waals surface area (Å²) in [5.74, 6) is 13.5. The minimum atomic E-state index is 0.373. The third-order valence-corrected chi connectivity index (χ3v) is 7.57. The van der Waals surface area contributed by atoms with Crippen LogP contribution < -0.4 is 0 Å². The second-order valence-corrected chi connectivity index (χ2v) is 11.2. The molecule has 0 aromatic carbocycles. The van der Waals surface area contributed by atoms with E-state index in [1.807, 2.05) is 97.1 Å². The summed E-state index contributed by atoms with van der Waals surface area (Å²) in [6, 6.07) is 30.4. The highest BCUT2D eigenvalue weighted by Gasteiger charge is 2.10. The zero-order chi connectivity index (χ0) is 35.0. The number of pyridine rings is 6. The molecule has 0 saturated carbocycles. The van der Waals surface area contributed by atoms with E-state index in [-0.39, 0.29) is 0 Å². The van der Waals surface area contributed by atoms with Crippen molar-refractivity contribution in [3.8, 4) is 80.9 Å². The van der Waals surface area contributed by atoms with Gasteiger partial charge in [0.1, 0.15) is 0 Å². The normalized spacial score (nSPS) is 10.4. The van der Waals surface area contributed by atoms with Crippen molar-refractivity contribution in [3.63, 3.8) is 0 Å². The van der Waals surface area contributed by atoms with Gasteiger partial charge < -0.3 is 0 Å². The third kappa shape index (κ3) is 7.42. The molecule has 8 aromatic heterocycles. The van der Waals surface area contributed by atoms with E-state index >= 15 is 0 Å². The summed E-state index contributed by atoms with van der Waals surface area (Å²) in [4.78, 5) is 45.3. The van der Waals surface area contributed by atoms with Crippen LogP contribution in [0, 0.1) is 23.7 Å².